The number of nitrogens with zero attached hydrogens (tertiary/aromatic N) is 6. The number of rotatable bonds is 3. The number of amides is 1. The summed E-state index contributed by atoms with van der Waals surface area (Å²) < 4.78 is 54.9. The van der Waals surface area contributed by atoms with E-state index in [0.717, 1.165) is 12.1 Å². The van der Waals surface area contributed by atoms with Gasteiger partial charge in [-0.15, -0.1) is 5.10 Å². The Morgan fingerprint density at radius 1 is 0.941 bits per heavy atom. The number of alkyl halides is 3. The largest absolute Gasteiger partial charge is 0.416 e. The Morgan fingerprint density at radius 2 is 1.71 bits per heavy atom. The van der Waals surface area contributed by atoms with E-state index in [-0.39, 0.29) is 17.2 Å². The van der Waals surface area contributed by atoms with Crippen LogP contribution in [0.4, 0.5) is 23.5 Å². The fourth-order valence-corrected chi connectivity index (χ4v) is 3.91. The van der Waals surface area contributed by atoms with Gasteiger partial charge in [-0.25, -0.2) is 9.37 Å². The van der Waals surface area contributed by atoms with E-state index in [1.165, 1.54) is 35.0 Å². The van der Waals surface area contributed by atoms with Crippen LogP contribution in [0.15, 0.2) is 60.8 Å². The highest BCUT2D eigenvalue weighted by molar-refractivity contribution is 5.94. The van der Waals surface area contributed by atoms with Crippen molar-refractivity contribution in [1.82, 2.24) is 24.5 Å². The third kappa shape index (κ3) is 4.04. The molecule has 1 amide bonds. The maximum Gasteiger partial charge on any atom is 0.416 e. The van der Waals surface area contributed by atoms with Crippen molar-refractivity contribution in [3.8, 4) is 11.3 Å². The number of aromatic nitrogens is 4. The minimum absolute atomic E-state index is 0.0248. The van der Waals surface area contributed by atoms with Gasteiger partial charge in [0.1, 0.15) is 5.82 Å². The van der Waals surface area contributed by atoms with E-state index < -0.39 is 17.6 Å². The fraction of sp³-hybridized carbons (Fsp3) is 0.217. The summed E-state index contributed by atoms with van der Waals surface area (Å²) in [5.41, 5.74) is 0.0184. The van der Waals surface area contributed by atoms with Crippen molar-refractivity contribution >= 4 is 17.6 Å². The van der Waals surface area contributed by atoms with Gasteiger partial charge in [-0.2, -0.15) is 22.7 Å². The maximum atomic E-state index is 14.0. The monoisotopic (exact) mass is 470 g/mol. The summed E-state index contributed by atoms with van der Waals surface area (Å²) in [6.45, 7) is 1.51. The van der Waals surface area contributed by atoms with E-state index in [0.29, 0.717) is 43.4 Å². The van der Waals surface area contributed by atoms with Crippen molar-refractivity contribution in [3.63, 3.8) is 0 Å². The molecule has 1 aliphatic rings. The molecule has 5 rings (SSSR count). The van der Waals surface area contributed by atoms with Gasteiger partial charge in [0.2, 0.25) is 5.95 Å². The number of hydrogen-bond acceptors (Lipinski definition) is 5. The second-order valence-corrected chi connectivity index (χ2v) is 7.79. The van der Waals surface area contributed by atoms with Crippen LogP contribution in [-0.4, -0.2) is 56.6 Å². The first kappa shape index (κ1) is 21.8. The smallest absolute Gasteiger partial charge is 0.336 e. The van der Waals surface area contributed by atoms with E-state index in [4.69, 9.17) is 0 Å². The molecule has 11 heteroatoms. The molecule has 4 aromatic rings. The molecular weight excluding hydrogens is 452 g/mol. The predicted octanol–water partition coefficient (Wildman–Crippen LogP) is 3.91. The second-order valence-electron chi connectivity index (χ2n) is 7.79. The highest BCUT2D eigenvalue weighted by atomic mass is 19.4. The molecule has 0 N–H and O–H groups in total. The van der Waals surface area contributed by atoms with E-state index in [1.54, 1.807) is 23.1 Å². The predicted molar refractivity (Wildman–Crippen MR) is 116 cm³/mol. The first-order chi connectivity index (χ1) is 16.3. The summed E-state index contributed by atoms with van der Waals surface area (Å²) in [4.78, 5) is 24.7. The molecule has 0 bridgehead atoms. The van der Waals surface area contributed by atoms with Crippen LogP contribution in [0.2, 0.25) is 0 Å². The summed E-state index contributed by atoms with van der Waals surface area (Å²) in [5.74, 6) is -0.348. The molecule has 1 saturated heterocycles. The first-order valence-electron chi connectivity index (χ1n) is 10.5. The van der Waals surface area contributed by atoms with Crippen LogP contribution in [-0.2, 0) is 6.18 Å². The molecular formula is C23H18F4N6O. The molecule has 0 atom stereocenters. The summed E-state index contributed by atoms with van der Waals surface area (Å²) >= 11 is 0. The van der Waals surface area contributed by atoms with Crippen molar-refractivity contribution in [1.29, 1.82) is 0 Å². The summed E-state index contributed by atoms with van der Waals surface area (Å²) in [6, 6.07) is 12.4. The zero-order valence-electron chi connectivity index (χ0n) is 17.7. The highest BCUT2D eigenvalue weighted by Gasteiger charge is 2.31. The molecule has 1 aliphatic heterocycles. The van der Waals surface area contributed by atoms with Gasteiger partial charge in [-0.1, -0.05) is 24.3 Å². The molecule has 0 unspecified atom stereocenters. The Hall–Kier alpha value is -4.02. The normalized spacial score (nSPS) is 14.6. The van der Waals surface area contributed by atoms with Crippen molar-refractivity contribution in [2.75, 3.05) is 31.1 Å². The van der Waals surface area contributed by atoms with Crippen LogP contribution in [0, 0.1) is 5.82 Å². The number of halogens is 4. The van der Waals surface area contributed by atoms with Crippen LogP contribution in [0.3, 0.4) is 0 Å². The quantitative estimate of drug-likeness (QED) is 0.425. The van der Waals surface area contributed by atoms with Crippen LogP contribution < -0.4 is 4.90 Å². The number of hydrogen-bond donors (Lipinski definition) is 0. The van der Waals surface area contributed by atoms with Crippen LogP contribution >= 0.6 is 0 Å². The van der Waals surface area contributed by atoms with Gasteiger partial charge < -0.3 is 9.80 Å². The summed E-state index contributed by atoms with van der Waals surface area (Å²) in [5, 5.41) is 4.47. The Labute approximate surface area is 191 Å². The number of carbonyl (C=O) groups excluding carboxylic acids is 1. The van der Waals surface area contributed by atoms with Gasteiger partial charge in [0.05, 0.1) is 16.8 Å². The molecule has 0 spiro atoms. The first-order valence-corrected chi connectivity index (χ1v) is 10.5. The lowest BCUT2D eigenvalue weighted by molar-refractivity contribution is -0.137. The number of benzene rings is 2. The van der Waals surface area contributed by atoms with Gasteiger partial charge in [-0.3, -0.25) is 4.79 Å². The van der Waals surface area contributed by atoms with Gasteiger partial charge in [0, 0.05) is 37.9 Å². The van der Waals surface area contributed by atoms with Crippen LogP contribution in [0.25, 0.3) is 17.0 Å². The minimum Gasteiger partial charge on any atom is -0.336 e. The topological polar surface area (TPSA) is 66.6 Å². The van der Waals surface area contributed by atoms with Crippen molar-refractivity contribution in [2.45, 2.75) is 6.18 Å². The Morgan fingerprint density at radius 3 is 2.44 bits per heavy atom. The Kier molecular flexibility index (Phi) is 5.39. The number of anilines is 1. The second kappa shape index (κ2) is 8.40. The zero-order chi connectivity index (χ0) is 23.9. The summed E-state index contributed by atoms with van der Waals surface area (Å²) in [7, 11) is 0. The standard InChI is InChI=1S/C23H18F4N6O/c24-18-7-2-1-6-17(18)20(34)31-10-12-32(13-11-31)22-29-21-28-9-8-19(33(21)30-22)15-4-3-5-16(14-15)23(25,26)27/h1-9,14H,10-13H2. The SMILES string of the molecule is O=C(c1ccccc1F)N1CCN(c2nc3nccc(-c4cccc(C(F)(F)F)c4)n3n2)CC1. The van der Waals surface area contributed by atoms with Gasteiger partial charge in [0.25, 0.3) is 11.7 Å². The van der Waals surface area contributed by atoms with E-state index in [1.807, 2.05) is 4.90 Å². The van der Waals surface area contributed by atoms with Crippen molar-refractivity contribution < 1.29 is 22.4 Å². The highest BCUT2D eigenvalue weighted by Crippen LogP contribution is 2.32. The van der Waals surface area contributed by atoms with Gasteiger partial charge >= 0.3 is 6.18 Å². The molecule has 7 nitrogen and oxygen atoms in total. The minimum atomic E-state index is -4.46. The molecule has 0 aliphatic carbocycles. The lowest BCUT2D eigenvalue weighted by atomic mass is 10.1. The third-order valence-electron chi connectivity index (χ3n) is 5.67. The van der Waals surface area contributed by atoms with Crippen molar-refractivity contribution in [3.05, 3.63) is 77.7 Å². The van der Waals surface area contributed by atoms with Crippen molar-refractivity contribution in [2.24, 2.45) is 0 Å². The Balaban J connectivity index is 1.37. The number of piperazine rings is 1. The molecule has 2 aromatic carbocycles. The van der Waals surface area contributed by atoms with E-state index >= 15 is 0 Å². The van der Waals surface area contributed by atoms with E-state index in [2.05, 4.69) is 15.1 Å². The average Bonchev–Trinajstić information content (AvgIpc) is 3.28. The molecule has 3 heterocycles. The third-order valence-corrected chi connectivity index (χ3v) is 5.67. The average molecular weight is 470 g/mol. The van der Waals surface area contributed by atoms with Gasteiger partial charge in [0.15, 0.2) is 0 Å². The lowest BCUT2D eigenvalue weighted by Gasteiger charge is -2.34. The Bertz CT molecular complexity index is 1360. The van der Waals surface area contributed by atoms with Crippen LogP contribution in [0.5, 0.6) is 0 Å². The van der Waals surface area contributed by atoms with Gasteiger partial charge in [-0.05, 0) is 30.3 Å². The molecule has 1 fully saturated rings. The molecule has 0 saturated carbocycles. The maximum absolute atomic E-state index is 14.0. The fourth-order valence-electron chi connectivity index (χ4n) is 3.91. The summed E-state index contributed by atoms with van der Waals surface area (Å²) in [6.07, 6.45) is -3.00. The van der Waals surface area contributed by atoms with E-state index in [9.17, 15) is 22.4 Å². The number of carbonyl (C=O) groups is 1. The zero-order valence-corrected chi connectivity index (χ0v) is 17.7. The lowest BCUT2D eigenvalue weighted by Crippen LogP contribution is -2.49. The molecule has 174 valence electrons. The molecule has 0 radical (unpaired) electrons. The number of fused-ring (bicyclic) bond motifs is 1. The van der Waals surface area contributed by atoms with Crippen LogP contribution in [0.1, 0.15) is 15.9 Å². The molecule has 34 heavy (non-hydrogen) atoms. The molecule has 2 aromatic heterocycles.